The molecule has 0 aliphatic rings. The molecule has 0 aliphatic heterocycles. The van der Waals surface area contributed by atoms with Gasteiger partial charge in [-0.2, -0.15) is 24.9 Å². The minimum Gasteiger partial charge on any atom is -0.383 e. The number of benzene rings is 1. The molecule has 0 aliphatic carbocycles. The maximum Gasteiger partial charge on any atom is 0.416 e. The van der Waals surface area contributed by atoms with Gasteiger partial charge < -0.3 is 5.32 Å². The fourth-order valence-corrected chi connectivity index (χ4v) is 2.28. The smallest absolute Gasteiger partial charge is 0.383 e. The van der Waals surface area contributed by atoms with Gasteiger partial charge in [-0.05, 0) is 30.9 Å². The second-order valence-corrected chi connectivity index (χ2v) is 5.38. The highest BCUT2D eigenvalue weighted by atomic mass is 35.5. The van der Waals surface area contributed by atoms with Crippen LogP contribution >= 0.6 is 23.4 Å². The molecule has 0 fully saturated rings. The zero-order chi connectivity index (χ0) is 13.8. The summed E-state index contributed by atoms with van der Waals surface area (Å²) in [6, 6.07) is 3.36. The van der Waals surface area contributed by atoms with Gasteiger partial charge in [0.25, 0.3) is 0 Å². The van der Waals surface area contributed by atoms with E-state index in [2.05, 4.69) is 12.2 Å². The Morgan fingerprint density at radius 2 is 2.06 bits per heavy atom. The second-order valence-electron chi connectivity index (χ2n) is 3.84. The Bertz CT molecular complexity index is 391. The molecule has 102 valence electrons. The predicted molar refractivity (Wildman–Crippen MR) is 72.5 cm³/mol. The van der Waals surface area contributed by atoms with E-state index in [1.165, 1.54) is 6.07 Å². The normalized spacial score (nSPS) is 13.4. The molecule has 1 aromatic rings. The maximum absolute atomic E-state index is 12.4. The van der Waals surface area contributed by atoms with Crippen molar-refractivity contribution in [2.24, 2.45) is 0 Å². The van der Waals surface area contributed by atoms with Crippen molar-refractivity contribution >= 4 is 29.1 Å². The molecule has 0 amide bonds. The lowest BCUT2D eigenvalue weighted by Crippen LogP contribution is -2.15. The first-order chi connectivity index (χ1) is 8.38. The Labute approximate surface area is 114 Å². The molecule has 1 rings (SSSR count). The summed E-state index contributed by atoms with van der Waals surface area (Å²) >= 11 is 7.55. The van der Waals surface area contributed by atoms with Crippen molar-refractivity contribution in [3.05, 3.63) is 28.8 Å². The molecule has 0 radical (unpaired) electrons. The molecular weight excluding hydrogens is 283 g/mol. The molecule has 0 aromatic heterocycles. The third-order valence-electron chi connectivity index (χ3n) is 2.61. The van der Waals surface area contributed by atoms with Crippen molar-refractivity contribution in [1.29, 1.82) is 0 Å². The largest absolute Gasteiger partial charge is 0.416 e. The molecule has 1 atom stereocenters. The lowest BCUT2D eigenvalue weighted by Gasteiger charge is -2.16. The van der Waals surface area contributed by atoms with Crippen LogP contribution in [-0.2, 0) is 6.18 Å². The third-order valence-corrected chi connectivity index (χ3v) is 4.08. The van der Waals surface area contributed by atoms with Crippen molar-refractivity contribution in [2.45, 2.75) is 24.8 Å². The van der Waals surface area contributed by atoms with Crippen molar-refractivity contribution in [2.75, 3.05) is 18.1 Å². The molecule has 1 N–H and O–H groups in total. The first-order valence-corrected chi connectivity index (χ1v) is 7.18. The molecule has 1 aromatic carbocycles. The van der Waals surface area contributed by atoms with E-state index in [0.717, 1.165) is 18.6 Å². The topological polar surface area (TPSA) is 12.0 Å². The van der Waals surface area contributed by atoms with E-state index in [1.807, 2.05) is 6.26 Å². The van der Waals surface area contributed by atoms with E-state index < -0.39 is 11.7 Å². The Morgan fingerprint density at radius 1 is 1.39 bits per heavy atom. The average Bonchev–Trinajstić information content (AvgIpc) is 2.30. The fraction of sp³-hybridized carbons (Fsp3) is 0.500. The molecule has 1 nitrogen and oxygen atoms in total. The zero-order valence-corrected chi connectivity index (χ0v) is 11.7. The quantitative estimate of drug-likeness (QED) is 0.828. The van der Waals surface area contributed by atoms with Gasteiger partial charge in [0.1, 0.15) is 0 Å². The van der Waals surface area contributed by atoms with E-state index >= 15 is 0 Å². The summed E-state index contributed by atoms with van der Waals surface area (Å²) in [5.41, 5.74) is -0.188. The highest BCUT2D eigenvalue weighted by Gasteiger charge is 2.30. The Kier molecular flexibility index (Phi) is 5.66. The van der Waals surface area contributed by atoms with Crippen LogP contribution < -0.4 is 5.32 Å². The minimum atomic E-state index is -4.35. The van der Waals surface area contributed by atoms with Gasteiger partial charge in [-0.3, -0.25) is 0 Å². The summed E-state index contributed by atoms with van der Waals surface area (Å²) in [4.78, 5) is 0. The molecule has 0 bridgehead atoms. The van der Waals surface area contributed by atoms with Crippen LogP contribution in [0.4, 0.5) is 18.9 Å². The van der Waals surface area contributed by atoms with E-state index in [4.69, 9.17) is 11.6 Å². The molecule has 0 saturated heterocycles. The number of thioether (sulfide) groups is 1. The molecule has 1 unspecified atom stereocenters. The van der Waals surface area contributed by atoms with Gasteiger partial charge in [0.15, 0.2) is 0 Å². The van der Waals surface area contributed by atoms with Crippen LogP contribution in [0.3, 0.4) is 0 Å². The summed E-state index contributed by atoms with van der Waals surface area (Å²) in [5.74, 6) is 0. The highest BCUT2D eigenvalue weighted by molar-refractivity contribution is 7.99. The number of hydrogen-bond donors (Lipinski definition) is 1. The lowest BCUT2D eigenvalue weighted by atomic mass is 10.2. The van der Waals surface area contributed by atoms with Gasteiger partial charge in [-0.25, -0.2) is 0 Å². The van der Waals surface area contributed by atoms with Crippen LogP contribution in [0, 0.1) is 0 Å². The Morgan fingerprint density at radius 3 is 2.50 bits per heavy atom. The summed E-state index contributed by atoms with van der Waals surface area (Å²) in [7, 11) is 0. The van der Waals surface area contributed by atoms with Crippen molar-refractivity contribution in [3.8, 4) is 0 Å². The van der Waals surface area contributed by atoms with Gasteiger partial charge in [-0.1, -0.05) is 18.5 Å². The van der Waals surface area contributed by atoms with Gasteiger partial charge in [0.05, 0.1) is 16.3 Å². The van der Waals surface area contributed by atoms with Crippen LogP contribution in [0.5, 0.6) is 0 Å². The number of hydrogen-bond acceptors (Lipinski definition) is 2. The predicted octanol–water partition coefficient (Wildman–Crippen LogP) is 4.91. The van der Waals surface area contributed by atoms with Crippen molar-refractivity contribution in [1.82, 2.24) is 0 Å². The van der Waals surface area contributed by atoms with E-state index in [-0.39, 0.29) is 5.02 Å². The van der Waals surface area contributed by atoms with Crippen molar-refractivity contribution < 1.29 is 13.2 Å². The highest BCUT2D eigenvalue weighted by Crippen LogP contribution is 2.33. The Hall–Kier alpha value is -0.550. The second kappa shape index (κ2) is 6.57. The zero-order valence-electron chi connectivity index (χ0n) is 10.1. The molecular formula is C12H15ClF3NS. The van der Waals surface area contributed by atoms with Crippen LogP contribution in [0.1, 0.15) is 18.9 Å². The van der Waals surface area contributed by atoms with Gasteiger partial charge >= 0.3 is 6.18 Å². The van der Waals surface area contributed by atoms with Crippen LogP contribution in [-0.4, -0.2) is 18.1 Å². The van der Waals surface area contributed by atoms with Gasteiger partial charge in [0.2, 0.25) is 0 Å². The number of halogens is 4. The van der Waals surface area contributed by atoms with E-state index in [0.29, 0.717) is 17.5 Å². The summed E-state index contributed by atoms with van der Waals surface area (Å²) in [5, 5.41) is 3.59. The number of anilines is 1. The number of nitrogens with one attached hydrogen (secondary N) is 1. The molecule has 6 heteroatoms. The van der Waals surface area contributed by atoms with E-state index in [1.54, 1.807) is 11.8 Å². The average molecular weight is 298 g/mol. The number of rotatable bonds is 5. The Balaban J connectivity index is 2.74. The molecule has 18 heavy (non-hydrogen) atoms. The first kappa shape index (κ1) is 15.5. The first-order valence-electron chi connectivity index (χ1n) is 5.52. The van der Waals surface area contributed by atoms with Crippen LogP contribution in [0.2, 0.25) is 5.02 Å². The molecule has 0 saturated carbocycles. The third kappa shape index (κ3) is 4.28. The van der Waals surface area contributed by atoms with Gasteiger partial charge in [-0.15, -0.1) is 0 Å². The summed E-state index contributed by atoms with van der Waals surface area (Å²) in [6.45, 7) is 2.75. The SMILES string of the molecule is CCC(CNc1ccc(C(F)(F)F)cc1Cl)SC. The fourth-order valence-electron chi connectivity index (χ4n) is 1.45. The molecule has 0 heterocycles. The number of alkyl halides is 3. The summed E-state index contributed by atoms with van der Waals surface area (Å²) in [6.07, 6.45) is -1.36. The minimum absolute atomic E-state index is 0.0979. The van der Waals surface area contributed by atoms with Gasteiger partial charge in [0, 0.05) is 11.8 Å². The molecule has 0 spiro atoms. The van der Waals surface area contributed by atoms with Crippen LogP contribution in [0.15, 0.2) is 18.2 Å². The van der Waals surface area contributed by atoms with Crippen molar-refractivity contribution in [3.63, 3.8) is 0 Å². The van der Waals surface area contributed by atoms with E-state index in [9.17, 15) is 13.2 Å². The maximum atomic E-state index is 12.4. The standard InChI is InChI=1S/C12H15ClF3NS/c1-3-9(18-2)7-17-11-5-4-8(6-10(11)13)12(14,15)16/h4-6,9,17H,3,7H2,1-2H3. The summed E-state index contributed by atoms with van der Waals surface area (Å²) < 4.78 is 37.3. The monoisotopic (exact) mass is 297 g/mol. The van der Waals surface area contributed by atoms with Crippen LogP contribution in [0.25, 0.3) is 0 Å². The lowest BCUT2D eigenvalue weighted by molar-refractivity contribution is -0.137.